The summed E-state index contributed by atoms with van der Waals surface area (Å²) in [5.41, 5.74) is 5.30. The van der Waals surface area contributed by atoms with E-state index < -0.39 is 0 Å². The Hall–Kier alpha value is -3.44. The fraction of sp³-hybridized carbons (Fsp3) is 0.160. The van der Waals surface area contributed by atoms with Crippen molar-refractivity contribution in [3.63, 3.8) is 0 Å². The molecule has 4 rings (SSSR count). The maximum Gasteiger partial charge on any atom is 0.128 e. The number of nitrogens with zero attached hydrogens (tertiary/aromatic N) is 2. The number of aromatic hydroxyl groups is 1. The number of aromatic nitrogens is 2. The van der Waals surface area contributed by atoms with Crippen LogP contribution in [-0.4, -0.2) is 22.0 Å². The molecule has 0 amide bonds. The largest absolute Gasteiger partial charge is 0.507 e. The summed E-state index contributed by atoms with van der Waals surface area (Å²) < 4.78 is 13.0. The van der Waals surface area contributed by atoms with Gasteiger partial charge in [-0.3, -0.25) is 4.68 Å². The first-order chi connectivity index (χ1) is 15.0. The van der Waals surface area contributed by atoms with Gasteiger partial charge < -0.3 is 14.6 Å². The molecule has 31 heavy (non-hydrogen) atoms. The van der Waals surface area contributed by atoms with Gasteiger partial charge in [0.15, 0.2) is 0 Å². The van der Waals surface area contributed by atoms with Gasteiger partial charge >= 0.3 is 0 Å². The summed E-state index contributed by atoms with van der Waals surface area (Å²) in [6, 6.07) is 20.6. The van der Waals surface area contributed by atoms with E-state index in [9.17, 15) is 5.11 Å². The molecule has 0 bridgehead atoms. The van der Waals surface area contributed by atoms with Crippen LogP contribution in [0.4, 0.5) is 0 Å². The Labute approximate surface area is 186 Å². The topological polar surface area (TPSA) is 56.5 Å². The zero-order chi connectivity index (χ0) is 22.0. The predicted octanol–water partition coefficient (Wildman–Crippen LogP) is 6.01. The second-order valence-corrected chi connectivity index (χ2v) is 7.70. The number of hydrogen-bond donors (Lipinski definition) is 1. The number of halogens is 1. The molecule has 0 radical (unpaired) electrons. The number of hydrogen-bond acceptors (Lipinski definition) is 4. The zero-order valence-corrected chi connectivity index (χ0v) is 18.3. The van der Waals surface area contributed by atoms with Gasteiger partial charge in [-0.05, 0) is 54.4 Å². The lowest BCUT2D eigenvalue weighted by molar-refractivity contribution is 0.304. The molecule has 1 N–H and O–H groups in total. The quantitative estimate of drug-likeness (QED) is 0.403. The second-order valence-electron chi connectivity index (χ2n) is 7.26. The summed E-state index contributed by atoms with van der Waals surface area (Å²) in [4.78, 5) is 0. The summed E-state index contributed by atoms with van der Waals surface area (Å²) >= 11 is 5.93. The van der Waals surface area contributed by atoms with Crippen LogP contribution in [-0.2, 0) is 13.7 Å². The van der Waals surface area contributed by atoms with E-state index in [1.165, 1.54) is 0 Å². The van der Waals surface area contributed by atoms with Crippen LogP contribution in [0.2, 0.25) is 5.02 Å². The highest BCUT2D eigenvalue weighted by molar-refractivity contribution is 6.30. The van der Waals surface area contributed by atoms with Crippen LogP contribution in [0.5, 0.6) is 17.2 Å². The molecule has 0 saturated heterocycles. The van der Waals surface area contributed by atoms with Gasteiger partial charge in [-0.15, -0.1) is 0 Å². The molecule has 158 valence electrons. The number of benzene rings is 3. The van der Waals surface area contributed by atoms with Gasteiger partial charge in [0.25, 0.3) is 0 Å². The van der Waals surface area contributed by atoms with Crippen molar-refractivity contribution >= 4 is 11.6 Å². The molecule has 4 aromatic rings. The Morgan fingerprint density at radius 2 is 1.77 bits per heavy atom. The lowest BCUT2D eigenvalue weighted by Crippen LogP contribution is -1.97. The van der Waals surface area contributed by atoms with E-state index in [-0.39, 0.29) is 5.75 Å². The Bertz CT molecular complexity index is 1220. The van der Waals surface area contributed by atoms with E-state index in [0.29, 0.717) is 22.9 Å². The fourth-order valence-electron chi connectivity index (χ4n) is 3.64. The van der Waals surface area contributed by atoms with Crippen LogP contribution in [0, 0.1) is 6.92 Å². The van der Waals surface area contributed by atoms with E-state index in [2.05, 4.69) is 5.10 Å². The molecule has 6 heteroatoms. The number of phenols is 1. The van der Waals surface area contributed by atoms with Crippen LogP contribution in [0.25, 0.3) is 22.4 Å². The van der Waals surface area contributed by atoms with Gasteiger partial charge in [-0.25, -0.2) is 0 Å². The predicted molar refractivity (Wildman–Crippen MR) is 123 cm³/mol. The van der Waals surface area contributed by atoms with E-state index in [0.717, 1.165) is 33.8 Å². The van der Waals surface area contributed by atoms with Crippen LogP contribution >= 0.6 is 11.6 Å². The summed E-state index contributed by atoms with van der Waals surface area (Å²) in [7, 11) is 3.51. The maximum absolute atomic E-state index is 10.8. The first-order valence-electron chi connectivity index (χ1n) is 9.85. The highest BCUT2D eigenvalue weighted by atomic mass is 35.5. The van der Waals surface area contributed by atoms with E-state index in [1.54, 1.807) is 17.9 Å². The van der Waals surface area contributed by atoms with Crippen LogP contribution in [0.1, 0.15) is 11.3 Å². The minimum Gasteiger partial charge on any atom is -0.507 e. The third-order valence-corrected chi connectivity index (χ3v) is 5.38. The van der Waals surface area contributed by atoms with Gasteiger partial charge in [0, 0.05) is 29.3 Å². The molecule has 0 aliphatic heterocycles. The van der Waals surface area contributed by atoms with Crippen molar-refractivity contribution < 1.29 is 14.6 Å². The molecule has 1 heterocycles. The summed E-state index contributed by atoms with van der Waals surface area (Å²) in [6.45, 7) is 2.34. The lowest BCUT2D eigenvalue weighted by Gasteiger charge is -2.12. The Balaban J connectivity index is 1.66. The third kappa shape index (κ3) is 4.37. The molecule has 5 nitrogen and oxygen atoms in total. The van der Waals surface area contributed by atoms with Gasteiger partial charge in [0.05, 0.1) is 18.5 Å². The molecule has 0 fully saturated rings. The zero-order valence-electron chi connectivity index (χ0n) is 17.6. The molecule has 0 spiro atoms. The molecule has 0 aliphatic rings. The molecule has 0 saturated carbocycles. The molecular weight excluding hydrogens is 412 g/mol. The van der Waals surface area contributed by atoms with Crippen LogP contribution < -0.4 is 9.47 Å². The van der Waals surface area contributed by atoms with Crippen LogP contribution in [0.15, 0.2) is 66.7 Å². The summed E-state index contributed by atoms with van der Waals surface area (Å²) in [5.74, 6) is 1.47. The molecule has 1 aromatic heterocycles. The van der Waals surface area contributed by atoms with Crippen molar-refractivity contribution in [2.24, 2.45) is 7.05 Å². The molecule has 3 aromatic carbocycles. The van der Waals surface area contributed by atoms with Crippen molar-refractivity contribution in [1.82, 2.24) is 9.78 Å². The second kappa shape index (κ2) is 8.74. The first-order valence-corrected chi connectivity index (χ1v) is 10.2. The first kappa shape index (κ1) is 20.8. The molecule has 0 unspecified atom stereocenters. The maximum atomic E-state index is 10.8. The summed E-state index contributed by atoms with van der Waals surface area (Å²) in [5, 5.41) is 16.1. The standard InChI is InChI=1S/C25H23ClN2O3/c1-16-24(18-5-4-6-20(13-18)30-3)25(28(2)27-16)22-12-11-21(14-23(22)29)31-15-17-7-9-19(26)10-8-17/h4-14,29H,15H2,1-3H3. The van der Waals surface area contributed by atoms with Crippen molar-refractivity contribution in [3.8, 4) is 39.6 Å². The van der Waals surface area contributed by atoms with Crippen LogP contribution in [0.3, 0.4) is 0 Å². The molecular formula is C25H23ClN2O3. The molecule has 0 atom stereocenters. The number of ether oxygens (including phenoxy) is 2. The van der Waals surface area contributed by atoms with Crippen molar-refractivity contribution in [2.75, 3.05) is 7.11 Å². The minimum atomic E-state index is 0.126. The highest BCUT2D eigenvalue weighted by Gasteiger charge is 2.20. The number of phenolic OH excluding ortho intramolecular Hbond substituents is 1. The Kier molecular flexibility index (Phi) is 5.87. The fourth-order valence-corrected chi connectivity index (χ4v) is 3.77. The van der Waals surface area contributed by atoms with Gasteiger partial charge in [-0.1, -0.05) is 35.9 Å². The number of aryl methyl sites for hydroxylation is 2. The Morgan fingerprint density at radius 1 is 1.00 bits per heavy atom. The smallest absolute Gasteiger partial charge is 0.128 e. The SMILES string of the molecule is COc1cccc(-c2c(C)nn(C)c2-c2ccc(OCc3ccc(Cl)cc3)cc2O)c1. The normalized spacial score (nSPS) is 10.8. The van der Waals surface area contributed by atoms with Gasteiger partial charge in [0.2, 0.25) is 0 Å². The Morgan fingerprint density at radius 3 is 2.48 bits per heavy atom. The molecule has 0 aliphatic carbocycles. The van der Waals surface area contributed by atoms with E-state index >= 15 is 0 Å². The average Bonchev–Trinajstić information content (AvgIpc) is 3.07. The van der Waals surface area contributed by atoms with Crippen molar-refractivity contribution in [2.45, 2.75) is 13.5 Å². The third-order valence-electron chi connectivity index (χ3n) is 5.12. The van der Waals surface area contributed by atoms with Crippen molar-refractivity contribution in [3.05, 3.63) is 83.0 Å². The van der Waals surface area contributed by atoms with E-state index in [1.807, 2.05) is 74.6 Å². The summed E-state index contributed by atoms with van der Waals surface area (Å²) in [6.07, 6.45) is 0. The number of methoxy groups -OCH3 is 1. The average molecular weight is 435 g/mol. The van der Waals surface area contributed by atoms with Gasteiger partial charge in [0.1, 0.15) is 23.9 Å². The highest BCUT2D eigenvalue weighted by Crippen LogP contribution is 2.40. The monoisotopic (exact) mass is 434 g/mol. The van der Waals surface area contributed by atoms with Crippen molar-refractivity contribution in [1.29, 1.82) is 0 Å². The van der Waals surface area contributed by atoms with Gasteiger partial charge in [-0.2, -0.15) is 5.10 Å². The number of rotatable bonds is 6. The lowest BCUT2D eigenvalue weighted by atomic mass is 9.98. The van der Waals surface area contributed by atoms with E-state index in [4.69, 9.17) is 21.1 Å². The minimum absolute atomic E-state index is 0.126.